The molecular formula is C21H20F3N3O3. The molecule has 158 valence electrons. The van der Waals surface area contributed by atoms with E-state index in [0.717, 1.165) is 5.57 Å². The highest BCUT2D eigenvalue weighted by Gasteiger charge is 2.55. The molecule has 30 heavy (non-hydrogen) atoms. The second-order valence-electron chi connectivity index (χ2n) is 7.06. The van der Waals surface area contributed by atoms with Crippen LogP contribution in [0, 0.1) is 5.92 Å². The van der Waals surface area contributed by atoms with Gasteiger partial charge < -0.3 is 14.3 Å². The van der Waals surface area contributed by atoms with Gasteiger partial charge in [0, 0.05) is 6.07 Å². The molecule has 1 atom stereocenters. The summed E-state index contributed by atoms with van der Waals surface area (Å²) >= 11 is 0. The molecule has 0 radical (unpaired) electrons. The van der Waals surface area contributed by atoms with Crippen LogP contribution in [0.1, 0.15) is 26.7 Å². The van der Waals surface area contributed by atoms with Crippen molar-refractivity contribution in [1.29, 1.82) is 0 Å². The van der Waals surface area contributed by atoms with Gasteiger partial charge in [-0.1, -0.05) is 44.2 Å². The van der Waals surface area contributed by atoms with Crippen LogP contribution < -0.4 is 4.74 Å². The maximum atomic E-state index is 13.0. The highest BCUT2D eigenvalue weighted by atomic mass is 19.4. The number of nitrogens with zero attached hydrogens (tertiary/aromatic N) is 3. The van der Waals surface area contributed by atoms with Crippen LogP contribution in [-0.4, -0.2) is 26.5 Å². The number of aliphatic hydroxyl groups is 1. The molecule has 0 bridgehead atoms. The van der Waals surface area contributed by atoms with Crippen molar-refractivity contribution in [3.63, 3.8) is 0 Å². The molecule has 0 spiro atoms. The molecule has 0 saturated carbocycles. The molecule has 1 aliphatic carbocycles. The molecule has 2 aromatic heterocycles. The Balaban J connectivity index is 1.86. The largest absolute Gasteiger partial charge is 0.439 e. The van der Waals surface area contributed by atoms with Crippen LogP contribution in [0.25, 0.3) is 11.6 Å². The van der Waals surface area contributed by atoms with Gasteiger partial charge in [-0.15, -0.1) is 10.2 Å². The zero-order valence-electron chi connectivity index (χ0n) is 16.5. The number of hydrogen-bond acceptors (Lipinski definition) is 6. The van der Waals surface area contributed by atoms with Gasteiger partial charge in [0.1, 0.15) is 11.5 Å². The van der Waals surface area contributed by atoms with E-state index in [9.17, 15) is 18.3 Å². The van der Waals surface area contributed by atoms with Crippen LogP contribution in [0.2, 0.25) is 0 Å². The average molecular weight is 419 g/mol. The minimum absolute atomic E-state index is 0.110. The van der Waals surface area contributed by atoms with Gasteiger partial charge in [-0.3, -0.25) is 0 Å². The predicted molar refractivity (Wildman–Crippen MR) is 103 cm³/mol. The fraction of sp³-hybridized carbons (Fsp3) is 0.286. The molecule has 1 aliphatic rings. The van der Waals surface area contributed by atoms with Crippen molar-refractivity contribution in [2.24, 2.45) is 5.92 Å². The molecular weight excluding hydrogens is 399 g/mol. The first-order chi connectivity index (χ1) is 14.1. The van der Waals surface area contributed by atoms with Crippen LogP contribution in [0.15, 0.2) is 70.4 Å². The monoisotopic (exact) mass is 419 g/mol. The molecule has 0 saturated heterocycles. The molecule has 0 aromatic carbocycles. The summed E-state index contributed by atoms with van der Waals surface area (Å²) in [4.78, 5) is 4.23. The van der Waals surface area contributed by atoms with Gasteiger partial charge in [-0.25, -0.2) is 4.98 Å². The molecule has 9 heteroatoms. The number of rotatable bonds is 5. The van der Waals surface area contributed by atoms with Crippen molar-refractivity contribution in [1.82, 2.24) is 15.2 Å². The van der Waals surface area contributed by atoms with Crippen molar-refractivity contribution in [3.05, 3.63) is 71.9 Å². The third-order valence-corrected chi connectivity index (χ3v) is 4.31. The number of allylic oxidation sites excluding steroid dienone is 7. The first-order valence-electron chi connectivity index (χ1n) is 9.13. The Kier molecular flexibility index (Phi) is 5.93. The maximum Gasteiger partial charge on any atom is 0.426 e. The van der Waals surface area contributed by atoms with Crippen molar-refractivity contribution >= 4 is 0 Å². The van der Waals surface area contributed by atoms with Crippen LogP contribution >= 0.6 is 0 Å². The molecule has 0 amide bonds. The van der Waals surface area contributed by atoms with Gasteiger partial charge in [-0.2, -0.15) is 13.2 Å². The molecule has 1 N–H and O–H groups in total. The first-order valence-corrected chi connectivity index (χ1v) is 9.13. The Bertz CT molecular complexity index is 1030. The molecule has 2 aromatic rings. The summed E-state index contributed by atoms with van der Waals surface area (Å²) < 4.78 is 49.8. The smallest absolute Gasteiger partial charge is 0.426 e. The molecule has 2 heterocycles. The van der Waals surface area contributed by atoms with Gasteiger partial charge in [0.05, 0.1) is 0 Å². The Morgan fingerprint density at radius 3 is 2.57 bits per heavy atom. The lowest BCUT2D eigenvalue weighted by molar-refractivity contribution is -0.266. The molecule has 6 nitrogen and oxygen atoms in total. The summed E-state index contributed by atoms with van der Waals surface area (Å²) in [6.07, 6.45) is 6.27. The zero-order valence-corrected chi connectivity index (χ0v) is 16.5. The lowest BCUT2D eigenvalue weighted by Gasteiger charge is -2.21. The highest BCUT2D eigenvalue weighted by molar-refractivity contribution is 5.47. The second kappa shape index (κ2) is 8.27. The van der Waals surface area contributed by atoms with E-state index >= 15 is 0 Å². The van der Waals surface area contributed by atoms with E-state index in [0.29, 0.717) is 12.7 Å². The summed E-state index contributed by atoms with van der Waals surface area (Å²) in [5.74, 6) is -0.235. The minimum atomic E-state index is -4.97. The molecule has 0 fully saturated rings. The SMILES string of the molecule is CC(C)C1=C/C(Oc2cccc(-c3nnc(C(C)(O)C(F)(F)F)o3)n2)=C\C=C/C=C1. The van der Waals surface area contributed by atoms with Crippen LogP contribution in [-0.2, 0) is 5.60 Å². The number of ether oxygens (including phenoxy) is 1. The Morgan fingerprint density at radius 1 is 1.10 bits per heavy atom. The number of hydrogen-bond donors (Lipinski definition) is 1. The standard InChI is InChI=1S/C21H20F3N3O3/c1-13(2)14-8-5-4-6-9-15(12-14)29-17-11-7-10-16(25-17)18-26-27-19(30-18)20(3,28)21(22,23)24/h4-13,28H,1-3H3/b5-4?,6-4-,8-5?,9-6?,14-8?,14-12?,15-9+,15-12?. The topological polar surface area (TPSA) is 81.3 Å². The third-order valence-electron chi connectivity index (χ3n) is 4.31. The molecule has 3 rings (SSSR count). The highest BCUT2D eigenvalue weighted by Crippen LogP contribution is 2.38. The first kappa shape index (κ1) is 21.5. The summed E-state index contributed by atoms with van der Waals surface area (Å²) in [6, 6.07) is 4.67. The zero-order chi connectivity index (χ0) is 21.9. The van der Waals surface area contributed by atoms with Crippen molar-refractivity contribution in [2.45, 2.75) is 32.5 Å². The van der Waals surface area contributed by atoms with Crippen molar-refractivity contribution in [2.75, 3.05) is 0 Å². The van der Waals surface area contributed by atoms with E-state index in [4.69, 9.17) is 9.15 Å². The van der Waals surface area contributed by atoms with Gasteiger partial charge in [0.15, 0.2) is 0 Å². The van der Waals surface area contributed by atoms with E-state index in [1.807, 2.05) is 30.4 Å². The summed E-state index contributed by atoms with van der Waals surface area (Å²) in [7, 11) is 0. The van der Waals surface area contributed by atoms with E-state index in [1.165, 1.54) is 6.07 Å². The van der Waals surface area contributed by atoms with Gasteiger partial charge in [0.25, 0.3) is 11.8 Å². The second-order valence-corrected chi connectivity index (χ2v) is 7.06. The number of pyridine rings is 1. The van der Waals surface area contributed by atoms with E-state index in [1.54, 1.807) is 18.2 Å². The van der Waals surface area contributed by atoms with Gasteiger partial charge in [-0.05, 0) is 36.6 Å². The van der Waals surface area contributed by atoms with E-state index in [2.05, 4.69) is 29.0 Å². The fourth-order valence-corrected chi connectivity index (χ4v) is 2.42. The maximum absolute atomic E-state index is 13.0. The van der Waals surface area contributed by atoms with E-state index in [-0.39, 0.29) is 23.4 Å². The normalized spacial score (nSPS) is 19.3. The van der Waals surface area contributed by atoms with Crippen molar-refractivity contribution < 1.29 is 27.4 Å². The number of alkyl halides is 3. The summed E-state index contributed by atoms with van der Waals surface area (Å²) in [5, 5.41) is 16.6. The Morgan fingerprint density at radius 2 is 1.87 bits per heavy atom. The third kappa shape index (κ3) is 4.68. The number of halogens is 3. The fourth-order valence-electron chi connectivity index (χ4n) is 2.42. The summed E-state index contributed by atoms with van der Waals surface area (Å²) in [6.45, 7) is 4.65. The van der Waals surface area contributed by atoms with Gasteiger partial charge in [0.2, 0.25) is 11.5 Å². The lowest BCUT2D eigenvalue weighted by atomic mass is 10.0. The van der Waals surface area contributed by atoms with Crippen LogP contribution in [0.5, 0.6) is 5.88 Å². The van der Waals surface area contributed by atoms with Gasteiger partial charge >= 0.3 is 6.18 Å². The van der Waals surface area contributed by atoms with Crippen molar-refractivity contribution in [3.8, 4) is 17.5 Å². The average Bonchev–Trinajstić information content (AvgIpc) is 3.14. The predicted octanol–water partition coefficient (Wildman–Crippen LogP) is 4.87. The Labute approximate surface area is 171 Å². The quantitative estimate of drug-likeness (QED) is 0.745. The summed E-state index contributed by atoms with van der Waals surface area (Å²) in [5.41, 5.74) is -2.11. The lowest BCUT2D eigenvalue weighted by Crippen LogP contribution is -2.39. The van der Waals surface area contributed by atoms with Crippen LogP contribution in [0.4, 0.5) is 13.2 Å². The van der Waals surface area contributed by atoms with Crippen LogP contribution in [0.3, 0.4) is 0 Å². The minimum Gasteiger partial charge on any atom is -0.439 e. The number of aromatic nitrogens is 3. The molecule has 1 unspecified atom stereocenters. The van der Waals surface area contributed by atoms with E-state index < -0.39 is 17.7 Å². The molecule has 0 aliphatic heterocycles. The Hall–Kier alpha value is -3.20.